The smallest absolute Gasteiger partial charge is 0.410 e. The lowest BCUT2D eigenvalue weighted by Gasteiger charge is -2.33. The summed E-state index contributed by atoms with van der Waals surface area (Å²) >= 11 is 0. The molecule has 1 aliphatic rings. The van der Waals surface area contributed by atoms with Crippen molar-refractivity contribution < 1.29 is 23.1 Å². The fourth-order valence-electron chi connectivity index (χ4n) is 2.29. The second-order valence-electron chi connectivity index (χ2n) is 7.67. The Hall–Kier alpha value is -0.860. The minimum atomic E-state index is -3.43. The Balaban J connectivity index is 2.47. The van der Waals surface area contributed by atoms with E-state index in [1.165, 1.54) is 0 Å². The molecule has 1 saturated heterocycles. The third-order valence-electron chi connectivity index (χ3n) is 3.57. The van der Waals surface area contributed by atoms with Gasteiger partial charge in [-0.05, 0) is 53.9 Å². The normalized spacial score (nSPS) is 18.1. The lowest BCUT2D eigenvalue weighted by molar-refractivity contribution is 0.0217. The topological polar surface area (TPSA) is 95.9 Å². The zero-order valence-corrected chi connectivity index (χ0v) is 15.6. The Morgan fingerprint density at radius 1 is 1.22 bits per heavy atom. The number of ether oxygens (including phenoxy) is 1. The molecule has 0 bridgehead atoms. The molecule has 0 spiro atoms. The lowest BCUT2D eigenvalue weighted by Crippen LogP contribution is -2.47. The number of hydrogen-bond acceptors (Lipinski definition) is 5. The highest BCUT2D eigenvalue weighted by Gasteiger charge is 2.33. The van der Waals surface area contributed by atoms with Crippen LogP contribution in [0.3, 0.4) is 0 Å². The lowest BCUT2D eigenvalue weighted by atomic mass is 10.1. The molecule has 136 valence electrons. The van der Waals surface area contributed by atoms with E-state index in [1.54, 1.807) is 39.5 Å². The molecule has 1 heterocycles. The molecule has 0 aromatic carbocycles. The van der Waals surface area contributed by atoms with E-state index in [4.69, 9.17) is 4.74 Å². The number of carbonyl (C=O) groups excluding carboxylic acids is 1. The third-order valence-corrected chi connectivity index (χ3v) is 5.53. The van der Waals surface area contributed by atoms with Gasteiger partial charge in [-0.3, -0.25) is 0 Å². The first-order chi connectivity index (χ1) is 10.3. The van der Waals surface area contributed by atoms with Gasteiger partial charge in [0.05, 0.1) is 10.9 Å². The van der Waals surface area contributed by atoms with Gasteiger partial charge in [0.2, 0.25) is 10.0 Å². The van der Waals surface area contributed by atoms with Crippen LogP contribution in [-0.4, -0.2) is 60.6 Å². The number of hydrogen-bond donors (Lipinski definition) is 2. The predicted octanol–water partition coefficient (Wildman–Crippen LogP) is 1.47. The molecule has 0 aromatic rings. The van der Waals surface area contributed by atoms with E-state index in [0.717, 1.165) is 0 Å². The van der Waals surface area contributed by atoms with E-state index in [9.17, 15) is 18.3 Å². The molecule has 0 aliphatic carbocycles. The average molecular weight is 350 g/mol. The summed E-state index contributed by atoms with van der Waals surface area (Å²) in [6.45, 7) is 9.62. The molecule has 2 N–H and O–H groups in total. The maximum atomic E-state index is 12.2. The number of nitrogens with one attached hydrogen (secondary N) is 1. The highest BCUT2D eigenvalue weighted by Crippen LogP contribution is 2.20. The van der Waals surface area contributed by atoms with E-state index in [0.29, 0.717) is 32.4 Å². The van der Waals surface area contributed by atoms with Crippen molar-refractivity contribution in [2.45, 2.75) is 70.3 Å². The van der Waals surface area contributed by atoms with Crippen LogP contribution in [0.25, 0.3) is 0 Å². The molecule has 1 amide bonds. The molecular formula is C15H30N2O5S. The molecule has 8 heteroatoms. The number of nitrogens with zero attached hydrogens (tertiary/aromatic N) is 1. The van der Waals surface area contributed by atoms with Gasteiger partial charge in [0, 0.05) is 19.6 Å². The molecule has 1 aliphatic heterocycles. The van der Waals surface area contributed by atoms with Crippen LogP contribution >= 0.6 is 0 Å². The summed E-state index contributed by atoms with van der Waals surface area (Å²) in [6.07, 6.45) is 0.723. The Morgan fingerprint density at radius 3 is 2.17 bits per heavy atom. The van der Waals surface area contributed by atoms with Gasteiger partial charge >= 0.3 is 6.09 Å². The van der Waals surface area contributed by atoms with Crippen molar-refractivity contribution in [3.8, 4) is 0 Å². The molecular weight excluding hydrogens is 320 g/mol. The van der Waals surface area contributed by atoms with Gasteiger partial charge in [-0.2, -0.15) is 0 Å². The van der Waals surface area contributed by atoms with E-state index in [-0.39, 0.29) is 6.54 Å². The molecule has 0 aromatic heterocycles. The first kappa shape index (κ1) is 20.2. The van der Waals surface area contributed by atoms with E-state index in [2.05, 4.69) is 4.72 Å². The van der Waals surface area contributed by atoms with Crippen molar-refractivity contribution in [1.82, 2.24) is 9.62 Å². The van der Waals surface area contributed by atoms with Crippen LogP contribution < -0.4 is 4.72 Å². The molecule has 0 radical (unpaired) electrons. The highest BCUT2D eigenvalue weighted by molar-refractivity contribution is 7.90. The van der Waals surface area contributed by atoms with Gasteiger partial charge in [0.1, 0.15) is 5.60 Å². The van der Waals surface area contributed by atoms with Gasteiger partial charge in [-0.15, -0.1) is 0 Å². The summed E-state index contributed by atoms with van der Waals surface area (Å²) in [5.74, 6) is 0. The fourth-order valence-corrected chi connectivity index (χ4v) is 3.75. The van der Waals surface area contributed by atoms with Crippen LogP contribution in [-0.2, 0) is 14.8 Å². The van der Waals surface area contributed by atoms with E-state index >= 15 is 0 Å². The maximum absolute atomic E-state index is 12.2. The SMILES string of the molecule is CC(C)(O)CCNS(=O)(=O)C1CCN(C(=O)OC(C)(C)C)CC1. The van der Waals surface area contributed by atoms with Crippen molar-refractivity contribution >= 4 is 16.1 Å². The van der Waals surface area contributed by atoms with Crippen LogP contribution in [0, 0.1) is 0 Å². The van der Waals surface area contributed by atoms with Gasteiger partial charge in [0.25, 0.3) is 0 Å². The molecule has 1 rings (SSSR count). The summed E-state index contributed by atoms with van der Waals surface area (Å²) in [7, 11) is -3.43. The minimum absolute atomic E-state index is 0.206. The van der Waals surface area contributed by atoms with E-state index < -0.39 is 32.6 Å². The van der Waals surface area contributed by atoms with Crippen LogP contribution in [0.2, 0.25) is 0 Å². The number of carbonyl (C=O) groups is 1. The van der Waals surface area contributed by atoms with Crippen molar-refractivity contribution in [2.75, 3.05) is 19.6 Å². The molecule has 1 fully saturated rings. The van der Waals surface area contributed by atoms with Crippen LogP contribution in [0.4, 0.5) is 4.79 Å². The van der Waals surface area contributed by atoms with Crippen molar-refractivity contribution in [3.05, 3.63) is 0 Å². The van der Waals surface area contributed by atoms with Gasteiger partial charge in [-0.25, -0.2) is 17.9 Å². The summed E-state index contributed by atoms with van der Waals surface area (Å²) in [4.78, 5) is 13.5. The Labute approximate surface area is 139 Å². The summed E-state index contributed by atoms with van der Waals surface area (Å²) in [6, 6.07) is 0. The molecule has 7 nitrogen and oxygen atoms in total. The second-order valence-corrected chi connectivity index (χ2v) is 9.71. The monoisotopic (exact) mass is 350 g/mol. The van der Waals surface area contributed by atoms with Crippen LogP contribution in [0.15, 0.2) is 0 Å². The molecule has 0 unspecified atom stereocenters. The number of piperidine rings is 1. The van der Waals surface area contributed by atoms with Crippen LogP contribution in [0.1, 0.15) is 53.9 Å². The van der Waals surface area contributed by atoms with Gasteiger partial charge < -0.3 is 14.7 Å². The number of aliphatic hydroxyl groups is 1. The summed E-state index contributed by atoms with van der Waals surface area (Å²) in [5.41, 5.74) is -1.46. The zero-order chi connectivity index (χ0) is 17.9. The molecule has 0 saturated carbocycles. The maximum Gasteiger partial charge on any atom is 0.410 e. The predicted molar refractivity (Wildman–Crippen MR) is 88.7 cm³/mol. The highest BCUT2D eigenvalue weighted by atomic mass is 32.2. The molecule has 23 heavy (non-hydrogen) atoms. The Kier molecular flexibility index (Phi) is 6.46. The van der Waals surface area contributed by atoms with Crippen molar-refractivity contribution in [1.29, 1.82) is 0 Å². The Morgan fingerprint density at radius 2 is 1.74 bits per heavy atom. The summed E-state index contributed by atoms with van der Waals surface area (Å²) < 4.78 is 32.3. The average Bonchev–Trinajstić information content (AvgIpc) is 2.35. The number of amides is 1. The van der Waals surface area contributed by atoms with Crippen molar-refractivity contribution in [2.24, 2.45) is 0 Å². The minimum Gasteiger partial charge on any atom is -0.444 e. The van der Waals surface area contributed by atoms with E-state index in [1.807, 2.05) is 0 Å². The third kappa shape index (κ3) is 7.50. The standard InChI is InChI=1S/C15H30N2O5S/c1-14(2,3)22-13(18)17-10-6-12(7-11-17)23(20,21)16-9-8-15(4,5)19/h12,16,19H,6-11H2,1-5H3. The number of likely N-dealkylation sites (tertiary alicyclic amines) is 1. The van der Waals surface area contributed by atoms with Gasteiger partial charge in [0.15, 0.2) is 0 Å². The molecule has 0 atom stereocenters. The quantitative estimate of drug-likeness (QED) is 0.783. The number of sulfonamides is 1. The first-order valence-electron chi connectivity index (χ1n) is 7.99. The second kappa shape index (κ2) is 7.36. The largest absolute Gasteiger partial charge is 0.444 e. The fraction of sp³-hybridized carbons (Fsp3) is 0.933. The Bertz CT molecular complexity index is 497. The van der Waals surface area contributed by atoms with Crippen LogP contribution in [0.5, 0.6) is 0 Å². The zero-order valence-electron chi connectivity index (χ0n) is 14.8. The first-order valence-corrected chi connectivity index (χ1v) is 9.54. The van der Waals surface area contributed by atoms with Crippen molar-refractivity contribution in [3.63, 3.8) is 0 Å². The number of rotatable bonds is 5. The summed E-state index contributed by atoms with van der Waals surface area (Å²) in [5, 5.41) is 9.11. The van der Waals surface area contributed by atoms with Gasteiger partial charge in [-0.1, -0.05) is 0 Å².